The quantitative estimate of drug-likeness (QED) is 0.904. The first-order valence-electron chi connectivity index (χ1n) is 7.47. The molecule has 2 aromatic carbocycles. The van der Waals surface area contributed by atoms with E-state index < -0.39 is 17.7 Å². The first-order chi connectivity index (χ1) is 10.7. The van der Waals surface area contributed by atoms with Gasteiger partial charge in [-0.2, -0.15) is 0 Å². The van der Waals surface area contributed by atoms with Gasteiger partial charge in [-0.25, -0.2) is 9.59 Å². The molecule has 0 heterocycles. The van der Waals surface area contributed by atoms with Crippen LogP contribution in [0.5, 0.6) is 0 Å². The second kappa shape index (κ2) is 6.69. The van der Waals surface area contributed by atoms with Gasteiger partial charge >= 0.3 is 12.1 Å². The summed E-state index contributed by atoms with van der Waals surface area (Å²) < 4.78 is 5.18. The number of fused-ring (bicyclic) bond motifs is 1. The van der Waals surface area contributed by atoms with E-state index in [0.717, 1.165) is 16.3 Å². The number of hydrogen-bond acceptors (Lipinski definition) is 3. The minimum Gasteiger partial charge on any atom is -0.478 e. The number of aromatic carboxylic acids is 1. The molecule has 0 aliphatic rings. The van der Waals surface area contributed by atoms with Crippen LogP contribution in [0.1, 0.15) is 36.7 Å². The Morgan fingerprint density at radius 3 is 2.39 bits per heavy atom. The average molecular weight is 315 g/mol. The Morgan fingerprint density at radius 2 is 1.74 bits per heavy atom. The number of alkyl carbamates (subject to hydrolysis) is 1. The highest BCUT2D eigenvalue weighted by atomic mass is 16.6. The van der Waals surface area contributed by atoms with Gasteiger partial charge in [-0.3, -0.25) is 0 Å². The summed E-state index contributed by atoms with van der Waals surface area (Å²) in [6, 6.07) is 10.9. The Labute approximate surface area is 135 Å². The Morgan fingerprint density at radius 1 is 1.09 bits per heavy atom. The molecule has 0 bridgehead atoms. The van der Waals surface area contributed by atoms with Crippen molar-refractivity contribution < 1.29 is 19.4 Å². The molecule has 1 amide bonds. The van der Waals surface area contributed by atoms with Gasteiger partial charge in [-0.15, -0.1) is 0 Å². The lowest BCUT2D eigenvalue weighted by molar-refractivity contribution is 0.0528. The van der Waals surface area contributed by atoms with Crippen LogP contribution in [0, 0.1) is 0 Å². The predicted molar refractivity (Wildman–Crippen MR) is 88.8 cm³/mol. The van der Waals surface area contributed by atoms with E-state index in [1.54, 1.807) is 18.2 Å². The summed E-state index contributed by atoms with van der Waals surface area (Å²) in [4.78, 5) is 22.5. The molecule has 23 heavy (non-hydrogen) atoms. The second-order valence-corrected chi connectivity index (χ2v) is 6.38. The molecular formula is C18H21NO4. The molecule has 0 spiro atoms. The Balaban J connectivity index is 1.98. The number of rotatable bonds is 4. The molecule has 0 unspecified atom stereocenters. The Bertz CT molecular complexity index is 731. The maximum absolute atomic E-state index is 11.6. The molecule has 122 valence electrons. The summed E-state index contributed by atoms with van der Waals surface area (Å²) in [6.07, 6.45) is 0.250. The number of benzene rings is 2. The summed E-state index contributed by atoms with van der Waals surface area (Å²) in [5.41, 5.74) is 0.836. The fourth-order valence-electron chi connectivity index (χ4n) is 2.21. The number of hydrogen-bond donors (Lipinski definition) is 2. The maximum Gasteiger partial charge on any atom is 0.407 e. The number of carboxylic acid groups (broad SMARTS) is 1. The zero-order chi connectivity index (χ0) is 17.0. The van der Waals surface area contributed by atoms with Gasteiger partial charge in [0.15, 0.2) is 0 Å². The van der Waals surface area contributed by atoms with E-state index in [-0.39, 0.29) is 5.56 Å². The summed E-state index contributed by atoms with van der Waals surface area (Å²) >= 11 is 0. The molecule has 5 heteroatoms. The summed E-state index contributed by atoms with van der Waals surface area (Å²) in [5, 5.41) is 13.6. The third-order valence-electron chi connectivity index (χ3n) is 3.23. The van der Waals surface area contributed by atoms with E-state index >= 15 is 0 Å². The molecule has 0 aromatic heterocycles. The first-order valence-corrected chi connectivity index (χ1v) is 7.47. The normalized spacial score (nSPS) is 11.3. The Hall–Kier alpha value is -2.56. The lowest BCUT2D eigenvalue weighted by Gasteiger charge is -2.19. The van der Waals surface area contributed by atoms with Gasteiger partial charge in [0.05, 0.1) is 5.56 Å². The molecule has 2 N–H and O–H groups in total. The maximum atomic E-state index is 11.6. The summed E-state index contributed by atoms with van der Waals surface area (Å²) in [5.74, 6) is -0.933. The zero-order valence-corrected chi connectivity index (χ0v) is 13.6. The van der Waals surface area contributed by atoms with Gasteiger partial charge in [0.25, 0.3) is 0 Å². The molecular weight excluding hydrogens is 294 g/mol. The smallest absolute Gasteiger partial charge is 0.407 e. The van der Waals surface area contributed by atoms with Crippen molar-refractivity contribution in [1.29, 1.82) is 0 Å². The largest absolute Gasteiger partial charge is 0.478 e. The summed E-state index contributed by atoms with van der Waals surface area (Å²) in [6.45, 7) is 5.94. The van der Waals surface area contributed by atoms with Crippen LogP contribution < -0.4 is 5.32 Å². The monoisotopic (exact) mass is 315 g/mol. The highest BCUT2D eigenvalue weighted by molar-refractivity contribution is 5.94. The van der Waals surface area contributed by atoms with Gasteiger partial charge in [-0.05, 0) is 55.7 Å². The van der Waals surface area contributed by atoms with Crippen molar-refractivity contribution in [1.82, 2.24) is 5.32 Å². The van der Waals surface area contributed by atoms with Crippen LogP contribution in [0.3, 0.4) is 0 Å². The van der Waals surface area contributed by atoms with Crippen molar-refractivity contribution in [2.24, 2.45) is 0 Å². The van der Waals surface area contributed by atoms with Crippen LogP contribution in [0.25, 0.3) is 10.8 Å². The number of amides is 1. The molecule has 0 saturated carbocycles. The van der Waals surface area contributed by atoms with Crippen LogP contribution in [0.4, 0.5) is 4.79 Å². The predicted octanol–water partition coefficient (Wildman–Crippen LogP) is 3.61. The van der Waals surface area contributed by atoms with Gasteiger partial charge < -0.3 is 15.2 Å². The van der Waals surface area contributed by atoms with Crippen molar-refractivity contribution in [2.75, 3.05) is 6.54 Å². The van der Waals surface area contributed by atoms with E-state index in [0.29, 0.717) is 13.0 Å². The third kappa shape index (κ3) is 4.98. The van der Waals surface area contributed by atoms with Gasteiger partial charge in [0.1, 0.15) is 5.60 Å². The summed E-state index contributed by atoms with van der Waals surface area (Å²) in [7, 11) is 0. The average Bonchev–Trinajstić information content (AvgIpc) is 2.44. The van der Waals surface area contributed by atoms with Crippen LogP contribution >= 0.6 is 0 Å². The topological polar surface area (TPSA) is 75.6 Å². The van der Waals surface area contributed by atoms with E-state index in [2.05, 4.69) is 5.32 Å². The Kier molecular flexibility index (Phi) is 4.89. The number of carboxylic acids is 1. The number of nitrogens with one attached hydrogen (secondary N) is 1. The molecule has 0 atom stereocenters. The molecule has 2 rings (SSSR count). The van der Waals surface area contributed by atoms with Crippen molar-refractivity contribution in [2.45, 2.75) is 32.8 Å². The lowest BCUT2D eigenvalue weighted by atomic mass is 10.0. The third-order valence-corrected chi connectivity index (χ3v) is 3.23. The van der Waals surface area contributed by atoms with E-state index in [1.807, 2.05) is 39.0 Å². The van der Waals surface area contributed by atoms with E-state index in [9.17, 15) is 9.59 Å². The molecule has 0 aliphatic heterocycles. The van der Waals surface area contributed by atoms with Crippen LogP contribution in [-0.4, -0.2) is 29.3 Å². The molecule has 0 radical (unpaired) electrons. The van der Waals surface area contributed by atoms with E-state index in [1.165, 1.54) is 0 Å². The van der Waals surface area contributed by atoms with Gasteiger partial charge in [0.2, 0.25) is 0 Å². The fourth-order valence-corrected chi connectivity index (χ4v) is 2.21. The van der Waals surface area contributed by atoms with Crippen LogP contribution in [0.2, 0.25) is 0 Å². The number of carbonyl (C=O) groups is 2. The van der Waals surface area contributed by atoms with Crippen LogP contribution in [-0.2, 0) is 11.2 Å². The molecule has 2 aromatic rings. The fraction of sp³-hybridized carbons (Fsp3) is 0.333. The number of ether oxygens (including phenoxy) is 1. The zero-order valence-electron chi connectivity index (χ0n) is 13.6. The molecule has 0 aliphatic carbocycles. The van der Waals surface area contributed by atoms with Gasteiger partial charge in [0, 0.05) is 6.54 Å². The van der Waals surface area contributed by atoms with Crippen molar-refractivity contribution in [3.05, 3.63) is 47.5 Å². The lowest BCUT2D eigenvalue weighted by Crippen LogP contribution is -2.33. The molecule has 0 saturated heterocycles. The first kappa shape index (κ1) is 16.8. The van der Waals surface area contributed by atoms with Crippen molar-refractivity contribution in [3.8, 4) is 0 Å². The SMILES string of the molecule is CC(C)(C)OC(=O)NCCc1ccc2cc(C(=O)O)ccc2c1. The van der Waals surface area contributed by atoms with Crippen molar-refractivity contribution >= 4 is 22.8 Å². The molecule has 0 fully saturated rings. The second-order valence-electron chi connectivity index (χ2n) is 6.38. The standard InChI is InChI=1S/C18H21NO4/c1-18(2,3)23-17(22)19-9-8-12-4-5-14-11-15(16(20)21)7-6-13(14)10-12/h4-7,10-11H,8-9H2,1-3H3,(H,19,22)(H,20,21). The van der Waals surface area contributed by atoms with E-state index in [4.69, 9.17) is 9.84 Å². The van der Waals surface area contributed by atoms with Gasteiger partial charge in [-0.1, -0.05) is 24.3 Å². The number of carbonyl (C=O) groups excluding carboxylic acids is 1. The van der Waals surface area contributed by atoms with Crippen molar-refractivity contribution in [3.63, 3.8) is 0 Å². The highest BCUT2D eigenvalue weighted by Gasteiger charge is 2.15. The molecule has 5 nitrogen and oxygen atoms in total. The minimum absolute atomic E-state index is 0.275. The highest BCUT2D eigenvalue weighted by Crippen LogP contribution is 2.18. The van der Waals surface area contributed by atoms with Crippen LogP contribution in [0.15, 0.2) is 36.4 Å². The minimum atomic E-state index is -0.933.